The van der Waals surface area contributed by atoms with Crippen LogP contribution in [0.1, 0.15) is 18.4 Å². The minimum atomic E-state index is -0.876. The summed E-state index contributed by atoms with van der Waals surface area (Å²) in [6, 6.07) is 4.50. The summed E-state index contributed by atoms with van der Waals surface area (Å²) in [6.07, 6.45) is 1.24. The number of aliphatic hydroxyl groups excluding tert-OH is 1. The largest absolute Gasteiger partial charge is 0.390 e. The molecular weight excluding hydrogens is 264 g/mol. The van der Waals surface area contributed by atoms with Gasteiger partial charge in [0.2, 0.25) is 0 Å². The van der Waals surface area contributed by atoms with Crippen LogP contribution in [-0.2, 0) is 11.2 Å². The lowest BCUT2D eigenvalue weighted by Gasteiger charge is -2.37. The van der Waals surface area contributed by atoms with Crippen LogP contribution in [0.5, 0.6) is 0 Å². The fourth-order valence-corrected chi connectivity index (χ4v) is 3.14. The second-order valence-electron chi connectivity index (χ2n) is 5.65. The molecule has 20 heavy (non-hydrogen) atoms. The highest BCUT2D eigenvalue weighted by molar-refractivity contribution is 5.20. The molecule has 0 amide bonds. The van der Waals surface area contributed by atoms with Crippen LogP contribution in [0.3, 0.4) is 0 Å². The molecule has 1 aromatic rings. The van der Waals surface area contributed by atoms with Crippen LogP contribution in [0.2, 0.25) is 0 Å². The molecule has 0 aromatic heterocycles. The Kier molecular flexibility index (Phi) is 4.01. The smallest absolute Gasteiger partial charge is 0.162 e. The third-order valence-corrected chi connectivity index (χ3v) is 4.31. The summed E-state index contributed by atoms with van der Waals surface area (Å²) in [5, 5.41) is 10.2. The lowest BCUT2D eigenvalue weighted by Crippen LogP contribution is -2.50. The molecule has 0 aliphatic carbocycles. The van der Waals surface area contributed by atoms with Crippen LogP contribution < -0.4 is 0 Å². The molecule has 3 atom stereocenters. The van der Waals surface area contributed by atoms with Crippen LogP contribution in [0.4, 0.5) is 8.78 Å². The monoisotopic (exact) mass is 283 g/mol. The zero-order valence-electron chi connectivity index (χ0n) is 11.3. The molecular formula is C15H19F2NO2. The predicted octanol–water partition coefficient (Wildman–Crippen LogP) is 1.73. The second kappa shape index (κ2) is 5.76. The third-order valence-electron chi connectivity index (χ3n) is 4.31. The first-order valence-electron chi connectivity index (χ1n) is 7.12. The Morgan fingerprint density at radius 2 is 2.25 bits per heavy atom. The van der Waals surface area contributed by atoms with Gasteiger partial charge in [-0.3, -0.25) is 4.90 Å². The number of rotatable bonds is 3. The van der Waals surface area contributed by atoms with Gasteiger partial charge in [-0.25, -0.2) is 8.78 Å². The standard InChI is InChI=1S/C15H19F2NO2/c16-12-5-1-3-10(15(12)17)7-13(19)14-8-18-6-2-4-11(18)9-20-14/h1,3,5,11,13-14,19H,2,4,6-9H2. The van der Waals surface area contributed by atoms with Gasteiger partial charge in [0.25, 0.3) is 0 Å². The topological polar surface area (TPSA) is 32.7 Å². The van der Waals surface area contributed by atoms with Gasteiger partial charge in [0.15, 0.2) is 11.6 Å². The summed E-state index contributed by atoms with van der Waals surface area (Å²) in [5.74, 6) is -1.75. The molecule has 110 valence electrons. The molecule has 3 nitrogen and oxygen atoms in total. The van der Waals surface area contributed by atoms with E-state index in [1.165, 1.54) is 12.1 Å². The minimum Gasteiger partial charge on any atom is -0.390 e. The first-order chi connectivity index (χ1) is 9.65. The lowest BCUT2D eigenvalue weighted by molar-refractivity contribution is -0.101. The van der Waals surface area contributed by atoms with E-state index < -0.39 is 17.7 Å². The third kappa shape index (κ3) is 2.71. The van der Waals surface area contributed by atoms with E-state index in [1.54, 1.807) is 0 Å². The SMILES string of the molecule is OC(Cc1cccc(F)c1F)C1CN2CCCC2CO1. The number of fused-ring (bicyclic) bond motifs is 1. The summed E-state index contributed by atoms with van der Waals surface area (Å²) in [5.41, 5.74) is 0.199. The van der Waals surface area contributed by atoms with Crippen LogP contribution in [0.15, 0.2) is 18.2 Å². The van der Waals surface area contributed by atoms with Crippen molar-refractivity contribution in [1.82, 2.24) is 4.90 Å². The van der Waals surface area contributed by atoms with E-state index in [9.17, 15) is 13.9 Å². The molecule has 1 aromatic carbocycles. The fraction of sp³-hybridized carbons (Fsp3) is 0.600. The zero-order valence-corrected chi connectivity index (χ0v) is 11.3. The van der Waals surface area contributed by atoms with Crippen LogP contribution in [0.25, 0.3) is 0 Å². The van der Waals surface area contributed by atoms with Crippen molar-refractivity contribution in [3.63, 3.8) is 0 Å². The molecule has 3 unspecified atom stereocenters. The van der Waals surface area contributed by atoms with Crippen LogP contribution in [0, 0.1) is 11.6 Å². The Labute approximate surface area is 117 Å². The molecule has 3 rings (SSSR count). The Balaban J connectivity index is 1.64. The highest BCUT2D eigenvalue weighted by Crippen LogP contribution is 2.25. The Morgan fingerprint density at radius 3 is 3.10 bits per heavy atom. The number of ether oxygens (including phenoxy) is 1. The maximum atomic E-state index is 13.6. The molecule has 2 aliphatic heterocycles. The van der Waals surface area contributed by atoms with E-state index in [0.717, 1.165) is 25.5 Å². The first kappa shape index (κ1) is 13.9. The van der Waals surface area contributed by atoms with Crippen molar-refractivity contribution in [2.75, 3.05) is 19.7 Å². The Morgan fingerprint density at radius 1 is 1.40 bits per heavy atom. The summed E-state index contributed by atoms with van der Waals surface area (Å²) >= 11 is 0. The van der Waals surface area contributed by atoms with Gasteiger partial charge >= 0.3 is 0 Å². The van der Waals surface area contributed by atoms with E-state index in [0.29, 0.717) is 19.2 Å². The molecule has 0 saturated carbocycles. The van der Waals surface area contributed by atoms with Crippen molar-refractivity contribution in [1.29, 1.82) is 0 Å². The average molecular weight is 283 g/mol. The number of hydrogen-bond donors (Lipinski definition) is 1. The molecule has 0 spiro atoms. The van der Waals surface area contributed by atoms with E-state index in [1.807, 2.05) is 0 Å². The van der Waals surface area contributed by atoms with Gasteiger partial charge in [0, 0.05) is 19.0 Å². The van der Waals surface area contributed by atoms with E-state index in [4.69, 9.17) is 4.74 Å². The maximum Gasteiger partial charge on any atom is 0.162 e. The summed E-state index contributed by atoms with van der Waals surface area (Å²) in [7, 11) is 0. The molecule has 1 N–H and O–H groups in total. The minimum absolute atomic E-state index is 0.0762. The van der Waals surface area contributed by atoms with Gasteiger partial charge in [-0.1, -0.05) is 12.1 Å². The van der Waals surface area contributed by atoms with Crippen LogP contribution in [-0.4, -0.2) is 48.0 Å². The number of halogens is 2. The number of morpholine rings is 1. The molecule has 0 bridgehead atoms. The quantitative estimate of drug-likeness (QED) is 0.917. The van der Waals surface area contributed by atoms with Gasteiger partial charge in [0.05, 0.1) is 18.8 Å². The van der Waals surface area contributed by atoms with Gasteiger partial charge < -0.3 is 9.84 Å². The number of hydrogen-bond acceptors (Lipinski definition) is 3. The van der Waals surface area contributed by atoms with E-state index >= 15 is 0 Å². The Hall–Kier alpha value is -1.04. The highest BCUT2D eigenvalue weighted by Gasteiger charge is 2.35. The molecule has 2 aliphatic rings. The van der Waals surface area contributed by atoms with Crippen molar-refractivity contribution in [2.24, 2.45) is 0 Å². The predicted molar refractivity (Wildman–Crippen MR) is 70.4 cm³/mol. The number of nitrogens with zero attached hydrogens (tertiary/aromatic N) is 1. The van der Waals surface area contributed by atoms with Crippen molar-refractivity contribution in [2.45, 2.75) is 37.5 Å². The number of benzene rings is 1. The zero-order chi connectivity index (χ0) is 14.1. The summed E-state index contributed by atoms with van der Waals surface area (Å²) in [4.78, 5) is 2.32. The van der Waals surface area contributed by atoms with E-state index in [2.05, 4.69) is 4.90 Å². The van der Waals surface area contributed by atoms with Gasteiger partial charge in [-0.15, -0.1) is 0 Å². The van der Waals surface area contributed by atoms with Crippen molar-refractivity contribution < 1.29 is 18.6 Å². The summed E-state index contributed by atoms with van der Waals surface area (Å²) < 4.78 is 32.4. The molecule has 2 heterocycles. The highest BCUT2D eigenvalue weighted by atomic mass is 19.2. The van der Waals surface area contributed by atoms with Crippen molar-refractivity contribution in [3.05, 3.63) is 35.4 Å². The normalized spacial score (nSPS) is 28.4. The fourth-order valence-electron chi connectivity index (χ4n) is 3.14. The second-order valence-corrected chi connectivity index (χ2v) is 5.65. The van der Waals surface area contributed by atoms with Crippen molar-refractivity contribution >= 4 is 0 Å². The lowest BCUT2D eigenvalue weighted by atomic mass is 10.0. The average Bonchev–Trinajstić information content (AvgIpc) is 2.91. The van der Waals surface area contributed by atoms with Crippen LogP contribution >= 0.6 is 0 Å². The first-order valence-corrected chi connectivity index (χ1v) is 7.12. The van der Waals surface area contributed by atoms with Gasteiger partial charge in [-0.2, -0.15) is 0 Å². The molecule has 5 heteroatoms. The Bertz CT molecular complexity index is 483. The molecule has 0 radical (unpaired) electrons. The number of aliphatic hydroxyl groups is 1. The van der Waals surface area contributed by atoms with Gasteiger partial charge in [-0.05, 0) is 31.0 Å². The molecule has 2 fully saturated rings. The summed E-state index contributed by atoms with van der Waals surface area (Å²) in [6.45, 7) is 2.32. The van der Waals surface area contributed by atoms with Gasteiger partial charge in [0.1, 0.15) is 0 Å². The van der Waals surface area contributed by atoms with E-state index in [-0.39, 0.29) is 18.1 Å². The van der Waals surface area contributed by atoms with Crippen molar-refractivity contribution in [3.8, 4) is 0 Å². The molecule has 2 saturated heterocycles. The maximum absolute atomic E-state index is 13.6.